The van der Waals surface area contributed by atoms with Crippen LogP contribution in [0, 0.1) is 6.92 Å². The van der Waals surface area contributed by atoms with E-state index < -0.39 is 0 Å². The Morgan fingerprint density at radius 2 is 1.73 bits per heavy atom. The third-order valence-corrected chi connectivity index (χ3v) is 6.83. The maximum Gasteiger partial charge on any atom is 0.266 e. The average Bonchev–Trinajstić information content (AvgIpc) is 3.48. The first-order valence-corrected chi connectivity index (χ1v) is 13.0. The van der Waals surface area contributed by atoms with E-state index in [-0.39, 0.29) is 24.4 Å². The van der Waals surface area contributed by atoms with Gasteiger partial charge in [-0.1, -0.05) is 29.8 Å². The van der Waals surface area contributed by atoms with Gasteiger partial charge in [-0.25, -0.2) is 9.67 Å². The highest BCUT2D eigenvalue weighted by atomic mass is 32.1. The molecule has 0 aliphatic carbocycles. The predicted molar refractivity (Wildman–Crippen MR) is 145 cm³/mol. The summed E-state index contributed by atoms with van der Waals surface area (Å²) in [6, 6.07) is 19.0. The minimum absolute atomic E-state index is 0.124. The molecule has 37 heavy (non-hydrogen) atoms. The van der Waals surface area contributed by atoms with Crippen LogP contribution in [0.3, 0.4) is 0 Å². The fourth-order valence-corrected chi connectivity index (χ4v) is 4.87. The summed E-state index contributed by atoms with van der Waals surface area (Å²) in [5.74, 6) is 0.660. The molecular formula is C28H27N5O3S. The number of aryl methyl sites for hydroxylation is 1. The Labute approximate surface area is 218 Å². The lowest BCUT2D eigenvalue weighted by molar-refractivity contribution is -0.120. The normalized spacial score (nSPS) is 11.1. The summed E-state index contributed by atoms with van der Waals surface area (Å²) in [5, 5.41) is 9.32. The van der Waals surface area contributed by atoms with Gasteiger partial charge in [0.15, 0.2) is 4.96 Å². The summed E-state index contributed by atoms with van der Waals surface area (Å²) in [7, 11) is 0. The van der Waals surface area contributed by atoms with E-state index in [1.165, 1.54) is 27.6 Å². The molecule has 5 aromatic rings. The van der Waals surface area contributed by atoms with Gasteiger partial charge in [-0.2, -0.15) is 5.10 Å². The number of aromatic nitrogens is 4. The number of thiazole rings is 1. The van der Waals surface area contributed by atoms with E-state index in [4.69, 9.17) is 9.72 Å². The van der Waals surface area contributed by atoms with Crippen LogP contribution in [-0.4, -0.2) is 38.2 Å². The second kappa shape index (κ2) is 10.8. The molecule has 0 aliphatic heterocycles. The topological polar surface area (TPSA) is 90.5 Å². The van der Waals surface area contributed by atoms with Gasteiger partial charge >= 0.3 is 0 Å². The molecule has 3 heterocycles. The molecule has 5 rings (SSSR count). The lowest BCUT2D eigenvalue weighted by atomic mass is 10.1. The Kier molecular flexibility index (Phi) is 7.14. The summed E-state index contributed by atoms with van der Waals surface area (Å²) in [4.78, 5) is 30.5. The summed E-state index contributed by atoms with van der Waals surface area (Å²) in [6.07, 6.45) is 2.19. The standard InChI is InChI=1S/C28H27N5O3S/c1-3-36-23-10-8-20(9-11-23)24-12-13-27(35)33(31-24)15-14-29-26(34)16-22-18-37-28-30-25(17-32(22)28)21-6-4-19(2)5-7-21/h4-13,17-18H,3,14-16H2,1-2H3,(H,29,34). The van der Waals surface area contributed by atoms with E-state index in [1.54, 1.807) is 6.07 Å². The first kappa shape index (κ1) is 24.5. The third-order valence-electron chi connectivity index (χ3n) is 5.95. The lowest BCUT2D eigenvalue weighted by Gasteiger charge is -2.09. The van der Waals surface area contributed by atoms with Gasteiger partial charge in [0, 0.05) is 41.0 Å². The molecule has 0 saturated heterocycles. The SMILES string of the molecule is CCOc1ccc(-c2ccc(=O)n(CCNC(=O)Cc3csc4nc(-c5ccc(C)cc5)cn34)n2)cc1. The number of ether oxygens (including phenoxy) is 1. The number of amides is 1. The van der Waals surface area contributed by atoms with E-state index in [0.717, 1.165) is 33.2 Å². The molecular weight excluding hydrogens is 486 g/mol. The van der Waals surface area contributed by atoms with Gasteiger partial charge in [-0.3, -0.25) is 14.0 Å². The maximum absolute atomic E-state index is 12.7. The Morgan fingerprint density at radius 3 is 2.49 bits per heavy atom. The van der Waals surface area contributed by atoms with E-state index >= 15 is 0 Å². The van der Waals surface area contributed by atoms with E-state index in [0.29, 0.717) is 18.8 Å². The quantitative estimate of drug-likeness (QED) is 0.316. The summed E-state index contributed by atoms with van der Waals surface area (Å²) in [5.41, 5.74) is 5.34. The molecule has 0 spiro atoms. The molecule has 188 valence electrons. The monoisotopic (exact) mass is 513 g/mol. The predicted octanol–water partition coefficient (Wildman–Crippen LogP) is 4.35. The Morgan fingerprint density at radius 1 is 1.00 bits per heavy atom. The van der Waals surface area contributed by atoms with Gasteiger partial charge in [0.2, 0.25) is 5.91 Å². The van der Waals surface area contributed by atoms with Crippen LogP contribution in [0.25, 0.3) is 27.5 Å². The van der Waals surface area contributed by atoms with Crippen molar-refractivity contribution in [3.63, 3.8) is 0 Å². The van der Waals surface area contributed by atoms with E-state index in [9.17, 15) is 9.59 Å². The Bertz CT molecular complexity index is 1580. The number of nitrogens with one attached hydrogen (secondary N) is 1. The number of hydrogen-bond donors (Lipinski definition) is 1. The number of fused-ring (bicyclic) bond motifs is 1. The van der Waals surface area contributed by atoms with E-state index in [1.807, 2.05) is 47.2 Å². The van der Waals surface area contributed by atoms with Gasteiger partial charge < -0.3 is 10.1 Å². The molecule has 0 fully saturated rings. The van der Waals surface area contributed by atoms with Gasteiger partial charge in [0.25, 0.3) is 5.56 Å². The number of carbonyl (C=O) groups excluding carboxylic acids is 1. The second-order valence-corrected chi connectivity index (χ2v) is 9.47. The summed E-state index contributed by atoms with van der Waals surface area (Å²) in [6.45, 7) is 5.16. The molecule has 0 aliphatic rings. The van der Waals surface area contributed by atoms with Gasteiger partial charge in [0.05, 0.1) is 31.0 Å². The van der Waals surface area contributed by atoms with Crippen LogP contribution in [-0.2, 0) is 17.8 Å². The van der Waals surface area contributed by atoms with Crippen molar-refractivity contribution in [1.82, 2.24) is 24.5 Å². The Hall–Kier alpha value is -4.24. The first-order chi connectivity index (χ1) is 18.0. The molecule has 0 bridgehead atoms. The largest absolute Gasteiger partial charge is 0.494 e. The fourth-order valence-electron chi connectivity index (χ4n) is 4.00. The van der Waals surface area contributed by atoms with Crippen molar-refractivity contribution in [3.05, 3.63) is 93.9 Å². The van der Waals surface area contributed by atoms with Crippen LogP contribution in [0.1, 0.15) is 18.2 Å². The van der Waals surface area contributed by atoms with Crippen LogP contribution in [0.2, 0.25) is 0 Å². The molecule has 1 amide bonds. The summed E-state index contributed by atoms with van der Waals surface area (Å²) < 4.78 is 8.82. The number of benzene rings is 2. The van der Waals surface area contributed by atoms with Crippen LogP contribution in [0.5, 0.6) is 5.75 Å². The minimum atomic E-state index is -0.217. The third kappa shape index (κ3) is 5.62. The number of carbonyl (C=O) groups is 1. The molecule has 0 radical (unpaired) electrons. The number of rotatable bonds is 9. The molecule has 1 N–H and O–H groups in total. The molecule has 9 heteroatoms. The van der Waals surface area contributed by atoms with Gasteiger partial charge in [-0.15, -0.1) is 11.3 Å². The van der Waals surface area contributed by atoms with Crippen molar-refractivity contribution in [2.24, 2.45) is 0 Å². The van der Waals surface area contributed by atoms with Crippen molar-refractivity contribution in [2.45, 2.75) is 26.8 Å². The molecule has 2 aromatic carbocycles. The fraction of sp³-hybridized carbons (Fsp3) is 0.214. The number of imidazole rings is 1. The van der Waals surface area contributed by atoms with Crippen LogP contribution >= 0.6 is 11.3 Å². The highest BCUT2D eigenvalue weighted by molar-refractivity contribution is 7.15. The average molecular weight is 514 g/mol. The second-order valence-electron chi connectivity index (χ2n) is 8.64. The van der Waals surface area contributed by atoms with Crippen LogP contribution in [0.4, 0.5) is 0 Å². The lowest BCUT2D eigenvalue weighted by Crippen LogP contribution is -2.32. The van der Waals surface area contributed by atoms with Crippen LogP contribution < -0.4 is 15.6 Å². The zero-order valence-electron chi connectivity index (χ0n) is 20.7. The molecule has 8 nitrogen and oxygen atoms in total. The molecule has 3 aromatic heterocycles. The highest BCUT2D eigenvalue weighted by Gasteiger charge is 2.13. The van der Waals surface area contributed by atoms with Crippen molar-refractivity contribution < 1.29 is 9.53 Å². The minimum Gasteiger partial charge on any atom is -0.494 e. The zero-order valence-corrected chi connectivity index (χ0v) is 21.5. The van der Waals surface area contributed by atoms with Gasteiger partial charge in [-0.05, 0) is 44.2 Å². The van der Waals surface area contributed by atoms with Gasteiger partial charge in [0.1, 0.15) is 5.75 Å². The Balaban J connectivity index is 1.20. The molecule has 0 atom stereocenters. The molecule has 0 unspecified atom stereocenters. The summed E-state index contributed by atoms with van der Waals surface area (Å²) >= 11 is 1.51. The first-order valence-electron chi connectivity index (χ1n) is 12.1. The number of hydrogen-bond acceptors (Lipinski definition) is 6. The molecule has 0 saturated carbocycles. The van der Waals surface area contributed by atoms with Crippen molar-refractivity contribution in [2.75, 3.05) is 13.2 Å². The van der Waals surface area contributed by atoms with E-state index in [2.05, 4.69) is 41.6 Å². The van der Waals surface area contributed by atoms with Crippen molar-refractivity contribution in [3.8, 4) is 28.3 Å². The van der Waals surface area contributed by atoms with Crippen molar-refractivity contribution >= 4 is 22.2 Å². The number of nitrogens with zero attached hydrogens (tertiary/aromatic N) is 4. The van der Waals surface area contributed by atoms with Crippen molar-refractivity contribution in [1.29, 1.82) is 0 Å². The zero-order chi connectivity index (χ0) is 25.8. The smallest absolute Gasteiger partial charge is 0.266 e. The highest BCUT2D eigenvalue weighted by Crippen LogP contribution is 2.24. The maximum atomic E-state index is 12.7. The van der Waals surface area contributed by atoms with Crippen LogP contribution in [0.15, 0.2) is 77.0 Å².